The summed E-state index contributed by atoms with van der Waals surface area (Å²) in [5.41, 5.74) is 1.50. The minimum absolute atomic E-state index is 0.0654. The Bertz CT molecular complexity index is 855. The number of rotatable bonds is 6. The molecule has 0 amide bonds. The number of hydrogen-bond donors (Lipinski definition) is 0. The highest BCUT2D eigenvalue weighted by Crippen LogP contribution is 2.33. The van der Waals surface area contributed by atoms with E-state index in [1.807, 2.05) is 0 Å². The Morgan fingerprint density at radius 1 is 1.23 bits per heavy atom. The summed E-state index contributed by atoms with van der Waals surface area (Å²) in [6.45, 7) is 4.94. The van der Waals surface area contributed by atoms with Crippen molar-refractivity contribution >= 4 is 23.4 Å². The van der Waals surface area contributed by atoms with Crippen LogP contribution in [0, 0.1) is 24.5 Å². The van der Waals surface area contributed by atoms with Crippen molar-refractivity contribution in [2.75, 3.05) is 6.61 Å². The predicted octanol–water partition coefficient (Wildman–Crippen LogP) is 4.30. The number of esters is 1. The first kappa shape index (κ1) is 20.0. The number of Topliss-reactive ketones (excluding diaryl/α,β-unsaturated/α-hetero) is 1. The van der Waals surface area contributed by atoms with Crippen LogP contribution in [0.4, 0.5) is 8.78 Å². The van der Waals surface area contributed by atoms with Gasteiger partial charge in [-0.25, -0.2) is 18.6 Å². The number of hydrogen-bond acceptors (Lipinski definition) is 4. The normalized spacial score (nSPS) is 11.9. The molecule has 0 aliphatic heterocycles. The highest BCUT2D eigenvalue weighted by Gasteiger charge is 2.26. The van der Waals surface area contributed by atoms with Crippen molar-refractivity contribution < 1.29 is 23.1 Å². The lowest BCUT2D eigenvalue weighted by Crippen LogP contribution is -2.25. The molecule has 0 fully saturated rings. The average Bonchev–Trinajstić information content (AvgIpc) is 2.56. The fraction of sp³-hybridized carbons (Fsp3) is 0.316. The maximum absolute atomic E-state index is 14.3. The van der Waals surface area contributed by atoms with Gasteiger partial charge >= 0.3 is 5.97 Å². The summed E-state index contributed by atoms with van der Waals surface area (Å²) < 4.78 is 32.2. The van der Waals surface area contributed by atoms with Crippen molar-refractivity contribution in [2.24, 2.45) is 5.92 Å². The summed E-state index contributed by atoms with van der Waals surface area (Å²) in [5.74, 6) is -3.81. The van der Waals surface area contributed by atoms with Crippen LogP contribution in [0.25, 0.3) is 11.1 Å². The molecule has 7 heteroatoms. The van der Waals surface area contributed by atoms with E-state index in [4.69, 9.17) is 16.3 Å². The standard InChI is InChI=1S/C19H18ClF2NO3/c1-4-26-19(25)17(24)10(2)7-15-14(8-11(3)23-18(15)20)13-6-5-12(21)9-16(13)22/h5-6,8-10H,4,7H2,1-3H3. The molecule has 1 heterocycles. The lowest BCUT2D eigenvalue weighted by atomic mass is 9.91. The van der Waals surface area contributed by atoms with Crippen molar-refractivity contribution in [3.63, 3.8) is 0 Å². The Morgan fingerprint density at radius 3 is 2.54 bits per heavy atom. The minimum Gasteiger partial charge on any atom is -0.460 e. The fourth-order valence-electron chi connectivity index (χ4n) is 2.61. The molecule has 1 unspecified atom stereocenters. The molecule has 0 N–H and O–H groups in total. The molecule has 0 saturated heterocycles. The third-order valence-electron chi connectivity index (χ3n) is 3.86. The van der Waals surface area contributed by atoms with E-state index >= 15 is 0 Å². The van der Waals surface area contributed by atoms with Crippen LogP contribution in [0.1, 0.15) is 25.1 Å². The second-order valence-electron chi connectivity index (χ2n) is 5.89. The van der Waals surface area contributed by atoms with Crippen molar-refractivity contribution in [1.82, 2.24) is 4.98 Å². The molecule has 0 spiro atoms. The maximum atomic E-state index is 14.3. The van der Waals surface area contributed by atoms with Gasteiger partial charge in [0.15, 0.2) is 0 Å². The molecule has 0 aliphatic carbocycles. The Hall–Kier alpha value is -2.34. The molecule has 0 saturated carbocycles. The Balaban J connectivity index is 2.45. The SMILES string of the molecule is CCOC(=O)C(=O)C(C)Cc1c(-c2ccc(F)cc2F)cc(C)nc1Cl. The van der Waals surface area contributed by atoms with Crippen molar-refractivity contribution in [1.29, 1.82) is 0 Å². The van der Waals surface area contributed by atoms with E-state index in [-0.39, 0.29) is 23.7 Å². The van der Waals surface area contributed by atoms with Gasteiger partial charge in [-0.2, -0.15) is 0 Å². The lowest BCUT2D eigenvalue weighted by Gasteiger charge is -2.16. The van der Waals surface area contributed by atoms with Crippen molar-refractivity contribution in [3.05, 3.63) is 52.3 Å². The Morgan fingerprint density at radius 2 is 1.92 bits per heavy atom. The number of ketones is 1. The van der Waals surface area contributed by atoms with Gasteiger partial charge in [-0.05, 0) is 49.6 Å². The van der Waals surface area contributed by atoms with E-state index in [0.29, 0.717) is 16.8 Å². The van der Waals surface area contributed by atoms with E-state index in [0.717, 1.165) is 12.1 Å². The number of benzene rings is 1. The molecule has 2 aromatic rings. The number of pyridine rings is 1. The number of carbonyl (C=O) groups excluding carboxylic acids is 2. The predicted molar refractivity (Wildman–Crippen MR) is 93.8 cm³/mol. The largest absolute Gasteiger partial charge is 0.460 e. The van der Waals surface area contributed by atoms with Gasteiger partial charge in [0.05, 0.1) is 6.61 Å². The molecule has 1 aromatic heterocycles. The van der Waals surface area contributed by atoms with Gasteiger partial charge in [0.2, 0.25) is 5.78 Å². The highest BCUT2D eigenvalue weighted by molar-refractivity contribution is 6.34. The summed E-state index contributed by atoms with van der Waals surface area (Å²) >= 11 is 6.22. The molecule has 4 nitrogen and oxygen atoms in total. The number of aromatic nitrogens is 1. The van der Waals surface area contributed by atoms with Crippen LogP contribution in [0.3, 0.4) is 0 Å². The topological polar surface area (TPSA) is 56.3 Å². The van der Waals surface area contributed by atoms with E-state index in [1.165, 1.54) is 6.07 Å². The Labute approximate surface area is 155 Å². The summed E-state index contributed by atoms with van der Waals surface area (Å²) in [6, 6.07) is 4.82. The second kappa shape index (κ2) is 8.36. The van der Waals surface area contributed by atoms with Crippen LogP contribution in [0.2, 0.25) is 5.15 Å². The summed E-state index contributed by atoms with van der Waals surface area (Å²) in [4.78, 5) is 27.9. The van der Waals surface area contributed by atoms with E-state index in [9.17, 15) is 18.4 Å². The maximum Gasteiger partial charge on any atom is 0.374 e. The third-order valence-corrected chi connectivity index (χ3v) is 4.17. The molecule has 138 valence electrons. The molecule has 1 atom stereocenters. The average molecular weight is 382 g/mol. The molecule has 0 bridgehead atoms. The molecule has 26 heavy (non-hydrogen) atoms. The third kappa shape index (κ3) is 4.43. The number of carbonyl (C=O) groups is 2. The second-order valence-corrected chi connectivity index (χ2v) is 6.25. The first-order valence-corrected chi connectivity index (χ1v) is 8.44. The summed E-state index contributed by atoms with van der Waals surface area (Å²) in [5, 5.41) is 0.104. The van der Waals surface area contributed by atoms with E-state index < -0.39 is 29.3 Å². The number of halogens is 3. The minimum atomic E-state index is -0.925. The fourth-order valence-corrected chi connectivity index (χ4v) is 2.92. The molecule has 0 aliphatic rings. The van der Waals surface area contributed by atoms with Gasteiger partial charge in [0.1, 0.15) is 16.8 Å². The van der Waals surface area contributed by atoms with Gasteiger partial charge in [0, 0.05) is 23.2 Å². The van der Waals surface area contributed by atoms with Crippen LogP contribution < -0.4 is 0 Å². The van der Waals surface area contributed by atoms with Crippen LogP contribution in [-0.2, 0) is 20.7 Å². The van der Waals surface area contributed by atoms with Crippen LogP contribution in [0.5, 0.6) is 0 Å². The molecular formula is C19H18ClF2NO3. The molecule has 0 radical (unpaired) electrons. The van der Waals surface area contributed by atoms with Gasteiger partial charge in [-0.1, -0.05) is 18.5 Å². The quantitative estimate of drug-likeness (QED) is 0.425. The number of ether oxygens (including phenoxy) is 1. The van der Waals surface area contributed by atoms with Crippen LogP contribution in [-0.4, -0.2) is 23.3 Å². The van der Waals surface area contributed by atoms with Crippen molar-refractivity contribution in [3.8, 4) is 11.1 Å². The number of nitrogens with zero attached hydrogens (tertiary/aromatic N) is 1. The first-order valence-electron chi connectivity index (χ1n) is 8.07. The molecule has 1 aromatic carbocycles. The van der Waals surface area contributed by atoms with Gasteiger partial charge in [-0.3, -0.25) is 4.79 Å². The highest BCUT2D eigenvalue weighted by atomic mass is 35.5. The van der Waals surface area contributed by atoms with E-state index in [2.05, 4.69) is 4.98 Å². The van der Waals surface area contributed by atoms with E-state index in [1.54, 1.807) is 26.8 Å². The number of aryl methyl sites for hydroxylation is 1. The smallest absolute Gasteiger partial charge is 0.374 e. The van der Waals surface area contributed by atoms with Gasteiger partial charge in [0.25, 0.3) is 0 Å². The zero-order valence-corrected chi connectivity index (χ0v) is 15.4. The van der Waals surface area contributed by atoms with Crippen LogP contribution >= 0.6 is 11.6 Å². The Kier molecular flexibility index (Phi) is 6.42. The van der Waals surface area contributed by atoms with Gasteiger partial charge < -0.3 is 4.74 Å². The zero-order chi connectivity index (χ0) is 19.4. The van der Waals surface area contributed by atoms with Crippen LogP contribution in [0.15, 0.2) is 24.3 Å². The summed E-state index contributed by atoms with van der Waals surface area (Å²) in [7, 11) is 0. The molecule has 2 rings (SSSR count). The van der Waals surface area contributed by atoms with Gasteiger partial charge in [-0.15, -0.1) is 0 Å². The lowest BCUT2D eigenvalue weighted by molar-refractivity contribution is -0.155. The summed E-state index contributed by atoms with van der Waals surface area (Å²) in [6.07, 6.45) is 0.0654. The molecular weight excluding hydrogens is 364 g/mol. The van der Waals surface area contributed by atoms with Crippen molar-refractivity contribution in [2.45, 2.75) is 27.2 Å². The first-order chi connectivity index (χ1) is 12.2. The zero-order valence-electron chi connectivity index (χ0n) is 14.6. The monoisotopic (exact) mass is 381 g/mol.